The number of H-pyrrole nitrogens is 1. The summed E-state index contributed by atoms with van der Waals surface area (Å²) in [7, 11) is 0. The molecule has 0 saturated carbocycles. The second-order valence-electron chi connectivity index (χ2n) is 4.32. The Bertz CT molecular complexity index is 568. The largest absolute Gasteiger partial charge is 0.312 e. The SMILES string of the molecule is Cl.O=C(Nc1cc[nH]n1)c1ccc2c(c1)CCNC2. The van der Waals surface area contributed by atoms with E-state index in [0.717, 1.165) is 19.5 Å². The number of fused-ring (bicyclic) bond motifs is 1. The number of carbonyl (C=O) groups excluding carboxylic acids is 1. The Kier molecular flexibility index (Phi) is 4.19. The predicted molar refractivity (Wildman–Crippen MR) is 75.6 cm³/mol. The lowest BCUT2D eigenvalue weighted by Crippen LogP contribution is -2.24. The quantitative estimate of drug-likeness (QED) is 0.783. The normalized spacial score (nSPS) is 13.3. The van der Waals surface area contributed by atoms with Crippen LogP contribution in [0.2, 0.25) is 0 Å². The van der Waals surface area contributed by atoms with Crippen molar-refractivity contribution in [3.63, 3.8) is 0 Å². The lowest BCUT2D eigenvalue weighted by atomic mass is 9.98. The highest BCUT2D eigenvalue weighted by molar-refractivity contribution is 6.03. The molecule has 0 atom stereocenters. The fourth-order valence-electron chi connectivity index (χ4n) is 2.14. The third kappa shape index (κ3) is 2.94. The van der Waals surface area contributed by atoms with Crippen LogP contribution in [-0.2, 0) is 13.0 Å². The molecule has 3 N–H and O–H groups in total. The minimum Gasteiger partial charge on any atom is -0.312 e. The number of carbonyl (C=O) groups is 1. The molecule has 0 bridgehead atoms. The van der Waals surface area contributed by atoms with Gasteiger partial charge in [0, 0.05) is 24.4 Å². The summed E-state index contributed by atoms with van der Waals surface area (Å²) in [6.07, 6.45) is 2.65. The molecule has 0 unspecified atom stereocenters. The van der Waals surface area contributed by atoms with E-state index in [2.05, 4.69) is 20.8 Å². The van der Waals surface area contributed by atoms with Crippen molar-refractivity contribution in [2.24, 2.45) is 0 Å². The number of amides is 1. The van der Waals surface area contributed by atoms with Crippen molar-refractivity contribution in [3.05, 3.63) is 47.2 Å². The summed E-state index contributed by atoms with van der Waals surface area (Å²) in [4.78, 5) is 12.0. The molecule has 1 aromatic heterocycles. The molecule has 0 aliphatic carbocycles. The van der Waals surface area contributed by atoms with Crippen LogP contribution in [-0.4, -0.2) is 22.6 Å². The van der Waals surface area contributed by atoms with Crippen molar-refractivity contribution >= 4 is 24.1 Å². The summed E-state index contributed by atoms with van der Waals surface area (Å²) >= 11 is 0. The van der Waals surface area contributed by atoms with Gasteiger partial charge in [-0.2, -0.15) is 5.10 Å². The average molecular weight is 279 g/mol. The Labute approximate surface area is 117 Å². The van der Waals surface area contributed by atoms with Gasteiger partial charge in [0.05, 0.1) is 0 Å². The van der Waals surface area contributed by atoms with Crippen molar-refractivity contribution in [1.29, 1.82) is 0 Å². The number of halogens is 1. The lowest BCUT2D eigenvalue weighted by molar-refractivity contribution is 0.102. The van der Waals surface area contributed by atoms with Gasteiger partial charge in [0.1, 0.15) is 0 Å². The van der Waals surface area contributed by atoms with Gasteiger partial charge in [-0.15, -0.1) is 12.4 Å². The number of benzene rings is 1. The molecule has 2 heterocycles. The molecule has 19 heavy (non-hydrogen) atoms. The van der Waals surface area contributed by atoms with E-state index >= 15 is 0 Å². The molecule has 3 rings (SSSR count). The van der Waals surface area contributed by atoms with Crippen molar-refractivity contribution < 1.29 is 4.79 Å². The third-order valence-electron chi connectivity index (χ3n) is 3.10. The Balaban J connectivity index is 0.00000133. The summed E-state index contributed by atoms with van der Waals surface area (Å²) in [5, 5.41) is 12.6. The fourth-order valence-corrected chi connectivity index (χ4v) is 2.14. The predicted octanol–water partition coefficient (Wildman–Crippen LogP) is 1.73. The topological polar surface area (TPSA) is 69.8 Å². The van der Waals surface area contributed by atoms with E-state index in [0.29, 0.717) is 11.4 Å². The number of hydrogen-bond donors (Lipinski definition) is 3. The molecule has 5 nitrogen and oxygen atoms in total. The van der Waals surface area contributed by atoms with Gasteiger partial charge < -0.3 is 10.6 Å². The van der Waals surface area contributed by atoms with Crippen LogP contribution in [0.3, 0.4) is 0 Å². The first-order valence-corrected chi connectivity index (χ1v) is 5.96. The van der Waals surface area contributed by atoms with Crippen LogP contribution in [0.4, 0.5) is 5.82 Å². The molecule has 0 spiro atoms. The summed E-state index contributed by atoms with van der Waals surface area (Å²) in [6.45, 7) is 1.86. The lowest BCUT2D eigenvalue weighted by Gasteiger charge is -2.17. The summed E-state index contributed by atoms with van der Waals surface area (Å²) < 4.78 is 0. The molecule has 1 aliphatic rings. The number of aromatic amines is 1. The van der Waals surface area contributed by atoms with Gasteiger partial charge in [0.15, 0.2) is 5.82 Å². The zero-order valence-corrected chi connectivity index (χ0v) is 11.1. The van der Waals surface area contributed by atoms with Gasteiger partial charge in [-0.1, -0.05) is 6.07 Å². The number of hydrogen-bond acceptors (Lipinski definition) is 3. The van der Waals surface area contributed by atoms with Crippen molar-refractivity contribution in [2.75, 3.05) is 11.9 Å². The monoisotopic (exact) mass is 278 g/mol. The molecule has 0 saturated heterocycles. The Hall–Kier alpha value is -1.85. The van der Waals surface area contributed by atoms with Crippen molar-refractivity contribution in [1.82, 2.24) is 15.5 Å². The van der Waals surface area contributed by atoms with E-state index in [1.165, 1.54) is 11.1 Å². The minimum absolute atomic E-state index is 0. The maximum atomic E-state index is 12.0. The molecule has 6 heteroatoms. The molecule has 0 fully saturated rings. The Morgan fingerprint density at radius 3 is 2.95 bits per heavy atom. The smallest absolute Gasteiger partial charge is 0.256 e. The first kappa shape index (κ1) is 13.6. The summed E-state index contributed by atoms with van der Waals surface area (Å²) in [6, 6.07) is 7.56. The number of rotatable bonds is 2. The maximum Gasteiger partial charge on any atom is 0.256 e. The van der Waals surface area contributed by atoms with Crippen molar-refractivity contribution in [3.8, 4) is 0 Å². The van der Waals surface area contributed by atoms with Gasteiger partial charge in [-0.3, -0.25) is 9.89 Å². The zero-order valence-electron chi connectivity index (χ0n) is 10.3. The third-order valence-corrected chi connectivity index (χ3v) is 3.10. The van der Waals surface area contributed by atoms with E-state index in [1.54, 1.807) is 12.3 Å². The Morgan fingerprint density at radius 1 is 1.26 bits per heavy atom. The van der Waals surface area contributed by atoms with Gasteiger partial charge in [-0.05, 0) is 36.2 Å². The molecular weight excluding hydrogens is 264 g/mol. The van der Waals surface area contributed by atoms with Crippen LogP contribution in [0.25, 0.3) is 0 Å². The van der Waals surface area contributed by atoms with Crippen LogP contribution < -0.4 is 10.6 Å². The highest BCUT2D eigenvalue weighted by Gasteiger charge is 2.12. The standard InChI is InChI=1S/C13H14N4O.ClH/c18-13(16-12-4-6-15-17-12)10-1-2-11-8-14-5-3-9(11)7-10;/h1-2,4,6-7,14H,3,5,8H2,(H2,15,16,17,18);1H. The number of nitrogens with zero attached hydrogens (tertiary/aromatic N) is 1. The van der Waals surface area contributed by atoms with Crippen LogP contribution >= 0.6 is 12.4 Å². The first-order chi connectivity index (χ1) is 8.83. The summed E-state index contributed by atoms with van der Waals surface area (Å²) in [5.41, 5.74) is 3.21. The van der Waals surface area contributed by atoms with E-state index in [-0.39, 0.29) is 18.3 Å². The van der Waals surface area contributed by atoms with Crippen molar-refractivity contribution in [2.45, 2.75) is 13.0 Å². The van der Waals surface area contributed by atoms with E-state index in [9.17, 15) is 4.79 Å². The number of anilines is 1. The molecule has 100 valence electrons. The highest BCUT2D eigenvalue weighted by Crippen LogP contribution is 2.16. The Morgan fingerprint density at radius 2 is 2.16 bits per heavy atom. The molecule has 2 aromatic rings. The fraction of sp³-hybridized carbons (Fsp3) is 0.231. The van der Waals surface area contributed by atoms with Gasteiger partial charge in [0.2, 0.25) is 0 Å². The minimum atomic E-state index is -0.122. The molecule has 1 aliphatic heterocycles. The van der Waals surface area contributed by atoms with Gasteiger partial charge in [-0.25, -0.2) is 0 Å². The molecule has 0 radical (unpaired) electrons. The van der Waals surface area contributed by atoms with E-state index in [1.807, 2.05) is 18.2 Å². The molecule has 1 amide bonds. The second-order valence-corrected chi connectivity index (χ2v) is 4.32. The van der Waals surface area contributed by atoms with Crippen LogP contribution in [0.15, 0.2) is 30.5 Å². The molecular formula is C13H15ClN4O. The number of aromatic nitrogens is 2. The second kappa shape index (κ2) is 5.86. The maximum absolute atomic E-state index is 12.0. The summed E-state index contributed by atoms with van der Waals surface area (Å²) in [5.74, 6) is 0.419. The van der Waals surface area contributed by atoms with Gasteiger partial charge >= 0.3 is 0 Å². The van der Waals surface area contributed by atoms with E-state index in [4.69, 9.17) is 0 Å². The zero-order chi connectivity index (χ0) is 12.4. The van der Waals surface area contributed by atoms with Crippen LogP contribution in [0.1, 0.15) is 21.5 Å². The molecule has 1 aromatic carbocycles. The van der Waals surface area contributed by atoms with Gasteiger partial charge in [0.25, 0.3) is 5.91 Å². The first-order valence-electron chi connectivity index (χ1n) is 5.96. The van der Waals surface area contributed by atoms with Crippen LogP contribution in [0, 0.1) is 0 Å². The van der Waals surface area contributed by atoms with Crippen LogP contribution in [0.5, 0.6) is 0 Å². The average Bonchev–Trinajstić information content (AvgIpc) is 2.91. The highest BCUT2D eigenvalue weighted by atomic mass is 35.5. The number of nitrogens with one attached hydrogen (secondary N) is 3. The van der Waals surface area contributed by atoms with E-state index < -0.39 is 0 Å².